The molecule has 2 heterocycles. The number of amides is 1. The average molecular weight is 435 g/mol. The smallest absolute Gasteiger partial charge is 0.379 e. The van der Waals surface area contributed by atoms with E-state index in [2.05, 4.69) is 15.5 Å². The van der Waals surface area contributed by atoms with Gasteiger partial charge in [0.05, 0.1) is 24.3 Å². The molecule has 7 nitrogen and oxygen atoms in total. The maximum absolute atomic E-state index is 13.0. The van der Waals surface area contributed by atoms with E-state index in [4.69, 9.17) is 4.74 Å². The summed E-state index contributed by atoms with van der Waals surface area (Å²) < 4.78 is 84.0. The molecule has 1 fully saturated rings. The molecule has 0 unspecified atom stereocenters. The molecule has 0 saturated carbocycles. The fourth-order valence-corrected chi connectivity index (χ4v) is 2.58. The molecule has 1 saturated heterocycles. The third-order valence-electron chi connectivity index (χ3n) is 4.01. The van der Waals surface area contributed by atoms with Gasteiger partial charge >= 0.3 is 12.4 Å². The summed E-state index contributed by atoms with van der Waals surface area (Å²) in [4.78, 5) is 15.6. The molecule has 30 heavy (non-hydrogen) atoms. The number of hydrazine groups is 1. The van der Waals surface area contributed by atoms with Gasteiger partial charge in [-0.3, -0.25) is 10.2 Å². The van der Waals surface area contributed by atoms with Crippen LogP contribution < -0.4 is 5.43 Å². The van der Waals surface area contributed by atoms with Crippen molar-refractivity contribution in [2.75, 3.05) is 26.3 Å². The summed E-state index contributed by atoms with van der Waals surface area (Å²) in [5.41, 5.74) is -0.801. The maximum Gasteiger partial charge on any atom is 0.416 e. The lowest BCUT2D eigenvalue weighted by molar-refractivity contribution is -0.143. The molecule has 3 rings (SSSR count). The average Bonchev–Trinajstić information content (AvgIpc) is 3.15. The van der Waals surface area contributed by atoms with E-state index in [-0.39, 0.29) is 11.9 Å². The maximum atomic E-state index is 13.0. The van der Waals surface area contributed by atoms with Gasteiger partial charge in [-0.05, 0) is 18.2 Å². The lowest BCUT2D eigenvalue weighted by atomic mass is 10.0. The highest BCUT2D eigenvalue weighted by atomic mass is 19.4. The number of rotatable bonds is 4. The van der Waals surface area contributed by atoms with Gasteiger partial charge in [-0.15, -0.1) is 5.10 Å². The molecule has 0 spiro atoms. The number of benzene rings is 1. The van der Waals surface area contributed by atoms with Crippen LogP contribution in [-0.2, 0) is 21.9 Å². The van der Waals surface area contributed by atoms with Crippen molar-refractivity contribution >= 4 is 12.1 Å². The molecule has 1 N–H and O–H groups in total. The number of carbonyl (C=O) groups excluding carboxylic acids is 1. The monoisotopic (exact) mass is 435 g/mol. The third kappa shape index (κ3) is 5.57. The van der Waals surface area contributed by atoms with Crippen LogP contribution in [0.25, 0.3) is 17.6 Å². The number of halogens is 6. The molecule has 1 aliphatic heterocycles. The number of ether oxygens (including phenoxy) is 1. The van der Waals surface area contributed by atoms with E-state index in [9.17, 15) is 31.1 Å². The number of carbonyl (C=O) groups is 1. The molecule has 162 valence electrons. The van der Waals surface area contributed by atoms with Crippen molar-refractivity contribution in [3.63, 3.8) is 0 Å². The molecule has 0 radical (unpaired) electrons. The molecule has 0 atom stereocenters. The van der Waals surface area contributed by atoms with Crippen LogP contribution in [0.3, 0.4) is 0 Å². The van der Waals surface area contributed by atoms with E-state index in [1.165, 1.54) is 6.20 Å². The van der Waals surface area contributed by atoms with Crippen LogP contribution in [0.2, 0.25) is 0 Å². The van der Waals surface area contributed by atoms with Gasteiger partial charge in [0.2, 0.25) is 0 Å². The van der Waals surface area contributed by atoms with Crippen molar-refractivity contribution in [3.8, 4) is 11.4 Å². The molecule has 1 aliphatic rings. The van der Waals surface area contributed by atoms with Crippen LogP contribution >= 0.6 is 0 Å². The van der Waals surface area contributed by atoms with Gasteiger partial charge in [-0.25, -0.2) is 14.7 Å². The van der Waals surface area contributed by atoms with Crippen LogP contribution in [0.1, 0.15) is 11.1 Å². The van der Waals surface area contributed by atoms with Gasteiger partial charge in [0.25, 0.3) is 5.91 Å². The van der Waals surface area contributed by atoms with Gasteiger partial charge in [0.15, 0.2) is 5.82 Å². The van der Waals surface area contributed by atoms with Gasteiger partial charge in [-0.2, -0.15) is 26.3 Å². The minimum absolute atomic E-state index is 0.0242. The number of aromatic nitrogens is 3. The molecule has 13 heteroatoms. The standard InChI is InChI=1S/C17H15F6N5O2/c18-16(19,20)12-7-11(8-13(9-12)17(21,22)23)15-24-10-28(26-15)2-1-14(29)25-27-3-5-30-6-4-27/h1-2,7-10H,3-6H2,(H,25,29)/b2-1-. The summed E-state index contributed by atoms with van der Waals surface area (Å²) in [5, 5.41) is 5.46. The van der Waals surface area contributed by atoms with E-state index in [1.54, 1.807) is 5.01 Å². The van der Waals surface area contributed by atoms with Crippen LogP contribution in [0, 0.1) is 0 Å². The van der Waals surface area contributed by atoms with Crippen LogP contribution in [0.15, 0.2) is 30.6 Å². The van der Waals surface area contributed by atoms with Gasteiger partial charge in [0, 0.05) is 30.9 Å². The van der Waals surface area contributed by atoms with Crippen LogP contribution in [0.4, 0.5) is 26.3 Å². The number of nitrogens with zero attached hydrogens (tertiary/aromatic N) is 4. The summed E-state index contributed by atoms with van der Waals surface area (Å²) in [6, 6.07) is 1.09. The zero-order valence-corrected chi connectivity index (χ0v) is 15.2. The first kappa shape index (κ1) is 21.8. The quantitative estimate of drug-likeness (QED) is 0.591. The first-order valence-electron chi connectivity index (χ1n) is 8.55. The Morgan fingerprint density at radius 1 is 1.03 bits per heavy atom. The summed E-state index contributed by atoms with van der Waals surface area (Å²) >= 11 is 0. The fraction of sp³-hybridized carbons (Fsp3) is 0.353. The normalized spacial score (nSPS) is 16.2. The van der Waals surface area contributed by atoms with Crippen molar-refractivity contribution in [2.24, 2.45) is 0 Å². The Kier molecular flexibility index (Phi) is 6.12. The minimum atomic E-state index is -4.98. The highest BCUT2D eigenvalue weighted by molar-refractivity contribution is 5.89. The second kappa shape index (κ2) is 8.44. The highest BCUT2D eigenvalue weighted by Crippen LogP contribution is 2.37. The topological polar surface area (TPSA) is 72.3 Å². The number of hydrogen-bond acceptors (Lipinski definition) is 5. The molecule has 1 aromatic heterocycles. The summed E-state index contributed by atoms with van der Waals surface area (Å²) in [6.45, 7) is 1.94. The van der Waals surface area contributed by atoms with Crippen molar-refractivity contribution in [2.45, 2.75) is 12.4 Å². The molecule has 0 aliphatic carbocycles. The van der Waals surface area contributed by atoms with Crippen molar-refractivity contribution in [3.05, 3.63) is 41.7 Å². The Morgan fingerprint density at radius 3 is 2.20 bits per heavy atom. The molecule has 1 aromatic carbocycles. The van der Waals surface area contributed by atoms with E-state index in [0.29, 0.717) is 38.4 Å². The minimum Gasteiger partial charge on any atom is -0.379 e. The number of morpholine rings is 1. The highest BCUT2D eigenvalue weighted by Gasteiger charge is 2.37. The van der Waals surface area contributed by atoms with E-state index in [1.807, 2.05) is 0 Å². The largest absolute Gasteiger partial charge is 0.416 e. The van der Waals surface area contributed by atoms with E-state index < -0.39 is 35.0 Å². The predicted molar refractivity (Wildman–Crippen MR) is 91.3 cm³/mol. The predicted octanol–water partition coefficient (Wildman–Crippen LogP) is 2.82. The first-order valence-corrected chi connectivity index (χ1v) is 8.55. The zero-order valence-electron chi connectivity index (χ0n) is 15.2. The second-order valence-electron chi connectivity index (χ2n) is 6.23. The lowest BCUT2D eigenvalue weighted by Gasteiger charge is -2.26. The Bertz CT molecular complexity index is 899. The lowest BCUT2D eigenvalue weighted by Crippen LogP contribution is -2.47. The van der Waals surface area contributed by atoms with Crippen LogP contribution in [0.5, 0.6) is 0 Å². The fourth-order valence-electron chi connectivity index (χ4n) is 2.58. The van der Waals surface area contributed by atoms with E-state index in [0.717, 1.165) is 17.1 Å². The molecular weight excluding hydrogens is 420 g/mol. The van der Waals surface area contributed by atoms with Crippen LogP contribution in [-0.4, -0.2) is 52.0 Å². The third-order valence-corrected chi connectivity index (χ3v) is 4.01. The molecule has 0 bridgehead atoms. The second-order valence-corrected chi connectivity index (χ2v) is 6.23. The Balaban J connectivity index is 1.78. The van der Waals surface area contributed by atoms with Crippen molar-refractivity contribution in [1.29, 1.82) is 0 Å². The van der Waals surface area contributed by atoms with Crippen molar-refractivity contribution in [1.82, 2.24) is 25.2 Å². The summed E-state index contributed by atoms with van der Waals surface area (Å²) in [5.74, 6) is -0.850. The molecule has 1 amide bonds. The first-order chi connectivity index (χ1) is 14.0. The summed E-state index contributed by atoms with van der Waals surface area (Å²) in [6.07, 6.45) is -6.63. The number of alkyl halides is 6. The molecular formula is C17H15F6N5O2. The Hall–Kier alpha value is -2.93. The molecule has 2 aromatic rings. The van der Waals surface area contributed by atoms with Gasteiger partial charge in [-0.1, -0.05) is 0 Å². The number of hydrogen-bond donors (Lipinski definition) is 1. The van der Waals surface area contributed by atoms with Gasteiger partial charge < -0.3 is 4.74 Å². The van der Waals surface area contributed by atoms with Gasteiger partial charge in [0.1, 0.15) is 6.33 Å². The SMILES string of the molecule is O=C(/C=C\n1cnc(-c2cc(C(F)(F)F)cc(C(F)(F)F)c2)n1)NN1CCOCC1. The Morgan fingerprint density at radius 2 is 1.63 bits per heavy atom. The zero-order chi connectivity index (χ0) is 21.9. The Labute approximate surface area is 165 Å². The van der Waals surface area contributed by atoms with Crippen molar-refractivity contribution < 1.29 is 35.9 Å². The van der Waals surface area contributed by atoms with E-state index >= 15 is 0 Å². The number of nitrogens with one attached hydrogen (secondary N) is 1. The summed E-state index contributed by atoms with van der Waals surface area (Å²) in [7, 11) is 0.